The zero-order valence-corrected chi connectivity index (χ0v) is 24.9. The molecule has 40 heavy (non-hydrogen) atoms. The largest absolute Gasteiger partial charge is 0.455 e. The van der Waals surface area contributed by atoms with Gasteiger partial charge < -0.3 is 19.0 Å². The Hall–Kier alpha value is -3.11. The predicted molar refractivity (Wildman–Crippen MR) is 160 cm³/mol. The van der Waals surface area contributed by atoms with Gasteiger partial charge in [0.15, 0.2) is 0 Å². The molecule has 1 fully saturated rings. The number of aliphatic hydroxyl groups excluding tert-OH is 1. The Labute approximate surface area is 240 Å². The molecule has 1 aliphatic heterocycles. The van der Waals surface area contributed by atoms with Crippen LogP contribution in [0.2, 0.25) is 5.04 Å². The molecule has 2 unspecified atom stereocenters. The van der Waals surface area contributed by atoms with Crippen molar-refractivity contribution in [2.24, 2.45) is 5.11 Å². The topological polar surface area (TPSA) is 114 Å². The maximum atomic E-state index is 12.9. The quantitative estimate of drug-likeness (QED) is 0.127. The first-order valence-electron chi connectivity index (χ1n) is 13.1. The van der Waals surface area contributed by atoms with Crippen LogP contribution in [0.1, 0.15) is 31.1 Å². The monoisotopic (exact) mass is 577 g/mol. The van der Waals surface area contributed by atoms with Crippen LogP contribution in [-0.4, -0.2) is 62.0 Å². The van der Waals surface area contributed by atoms with Crippen LogP contribution in [0.25, 0.3) is 10.4 Å². The molecule has 0 radical (unpaired) electrons. The van der Waals surface area contributed by atoms with Crippen LogP contribution < -0.4 is 10.4 Å². The molecule has 0 aliphatic carbocycles. The van der Waals surface area contributed by atoms with E-state index in [9.17, 15) is 15.4 Å². The van der Waals surface area contributed by atoms with Crippen molar-refractivity contribution >= 4 is 36.4 Å². The molecule has 4 rings (SSSR count). The molecular formula is C30H35N3O5SSi. The van der Waals surface area contributed by atoms with Crippen LogP contribution in [0.15, 0.2) is 96.1 Å². The molecule has 1 heterocycles. The summed E-state index contributed by atoms with van der Waals surface area (Å²) in [6, 6.07) is 27.9. The lowest BCUT2D eigenvalue weighted by atomic mass is 9.98. The Kier molecular flexibility index (Phi) is 9.73. The fourth-order valence-corrected chi connectivity index (χ4v) is 10.6. The number of hydrogen-bond acceptors (Lipinski definition) is 7. The predicted octanol–water partition coefficient (Wildman–Crippen LogP) is 4.92. The van der Waals surface area contributed by atoms with Gasteiger partial charge in [-0.1, -0.05) is 105 Å². The summed E-state index contributed by atoms with van der Waals surface area (Å²) in [4.78, 5) is 15.8. The fourth-order valence-electron chi connectivity index (χ4n) is 5.29. The van der Waals surface area contributed by atoms with E-state index in [4.69, 9.17) is 13.9 Å². The highest BCUT2D eigenvalue weighted by Crippen LogP contribution is 2.38. The molecule has 1 aliphatic rings. The number of benzene rings is 3. The van der Waals surface area contributed by atoms with Gasteiger partial charge in [-0.2, -0.15) is 0 Å². The molecule has 0 spiro atoms. The number of nitrogens with zero attached hydrogens (tertiary/aromatic N) is 3. The van der Waals surface area contributed by atoms with Gasteiger partial charge in [-0.3, -0.25) is 0 Å². The Morgan fingerprint density at radius 3 is 2.00 bits per heavy atom. The van der Waals surface area contributed by atoms with Crippen molar-refractivity contribution in [1.29, 1.82) is 0 Å². The maximum absolute atomic E-state index is 12.9. The number of ether oxygens (including phenoxy) is 2. The molecule has 3 aromatic carbocycles. The second-order valence-electron chi connectivity index (χ2n) is 10.7. The average Bonchev–Trinajstić information content (AvgIpc) is 2.97. The highest BCUT2D eigenvalue weighted by atomic mass is 32.2. The maximum Gasteiger partial charge on any atom is 0.338 e. The minimum Gasteiger partial charge on any atom is -0.455 e. The molecule has 1 saturated heterocycles. The smallest absolute Gasteiger partial charge is 0.338 e. The molecule has 3 aromatic rings. The minimum atomic E-state index is -2.91. The number of azide groups is 1. The van der Waals surface area contributed by atoms with E-state index >= 15 is 0 Å². The number of aliphatic hydroxyl groups is 1. The van der Waals surface area contributed by atoms with Gasteiger partial charge in [0.1, 0.15) is 23.7 Å². The van der Waals surface area contributed by atoms with Crippen molar-refractivity contribution in [2.45, 2.75) is 55.6 Å². The average molecular weight is 578 g/mol. The van der Waals surface area contributed by atoms with Crippen LogP contribution in [0.4, 0.5) is 0 Å². The van der Waals surface area contributed by atoms with E-state index in [1.807, 2.05) is 42.7 Å². The van der Waals surface area contributed by atoms with E-state index < -0.39 is 44.1 Å². The molecule has 0 aromatic heterocycles. The number of carbonyl (C=O) groups excluding carboxylic acids is 1. The zero-order chi connectivity index (χ0) is 28.8. The van der Waals surface area contributed by atoms with E-state index in [0.29, 0.717) is 5.56 Å². The highest BCUT2D eigenvalue weighted by molar-refractivity contribution is 7.99. The van der Waals surface area contributed by atoms with E-state index in [0.717, 1.165) is 10.4 Å². The van der Waals surface area contributed by atoms with Crippen LogP contribution in [0.5, 0.6) is 0 Å². The molecule has 0 saturated carbocycles. The van der Waals surface area contributed by atoms with Crippen molar-refractivity contribution in [3.05, 3.63) is 107 Å². The molecule has 0 amide bonds. The summed E-state index contributed by atoms with van der Waals surface area (Å²) in [5.41, 5.74) is 9.02. The third-order valence-corrected chi connectivity index (χ3v) is 13.0. The summed E-state index contributed by atoms with van der Waals surface area (Å²) in [7, 11) is -2.91. The first-order chi connectivity index (χ1) is 19.2. The van der Waals surface area contributed by atoms with E-state index in [-0.39, 0.29) is 11.6 Å². The molecule has 10 heteroatoms. The summed E-state index contributed by atoms with van der Waals surface area (Å²) >= 11 is 1.32. The van der Waals surface area contributed by atoms with Gasteiger partial charge in [-0.15, -0.1) is 11.8 Å². The Bertz CT molecular complexity index is 1260. The highest BCUT2D eigenvalue weighted by Gasteiger charge is 2.52. The summed E-state index contributed by atoms with van der Waals surface area (Å²) < 4.78 is 19.0. The van der Waals surface area contributed by atoms with Crippen molar-refractivity contribution in [1.82, 2.24) is 0 Å². The fraction of sp³-hybridized carbons (Fsp3) is 0.367. The molecule has 210 valence electrons. The molecule has 0 bridgehead atoms. The van der Waals surface area contributed by atoms with Crippen LogP contribution in [0.3, 0.4) is 0 Å². The van der Waals surface area contributed by atoms with Crippen molar-refractivity contribution in [2.75, 3.05) is 12.9 Å². The lowest BCUT2D eigenvalue weighted by molar-refractivity contribution is -0.159. The van der Waals surface area contributed by atoms with E-state index in [1.165, 1.54) is 11.8 Å². The number of thioether (sulfide) groups is 1. The molecular weight excluding hydrogens is 542 g/mol. The minimum absolute atomic E-state index is 0.0578. The van der Waals surface area contributed by atoms with E-state index in [1.54, 1.807) is 30.3 Å². The van der Waals surface area contributed by atoms with Gasteiger partial charge in [-0.05, 0) is 39.3 Å². The van der Waals surface area contributed by atoms with Crippen molar-refractivity contribution < 1.29 is 23.8 Å². The van der Waals surface area contributed by atoms with Gasteiger partial charge >= 0.3 is 5.97 Å². The SMILES string of the molecule is CS[C@@H]1OC(CO[Si](c2ccccc2)(c2ccccc2)C(C)(C)C)[C@H](O)[C@H](N=[N+]=[N-])C1OC(=O)c1ccccc1. The third-order valence-electron chi connectivity index (χ3n) is 7.20. The van der Waals surface area contributed by atoms with Crippen LogP contribution in [0, 0.1) is 0 Å². The van der Waals surface area contributed by atoms with Crippen molar-refractivity contribution in [3.63, 3.8) is 0 Å². The van der Waals surface area contributed by atoms with E-state index in [2.05, 4.69) is 55.1 Å². The van der Waals surface area contributed by atoms with Crippen LogP contribution in [-0.2, 0) is 13.9 Å². The second kappa shape index (κ2) is 13.0. The summed E-state index contributed by atoms with van der Waals surface area (Å²) in [6.07, 6.45) is -1.25. The summed E-state index contributed by atoms with van der Waals surface area (Å²) in [5.74, 6) is -0.583. The molecule has 8 nitrogen and oxygen atoms in total. The summed E-state index contributed by atoms with van der Waals surface area (Å²) in [5, 5.41) is 17.2. The number of esters is 1. The number of hydrogen-bond donors (Lipinski definition) is 1. The van der Waals surface area contributed by atoms with Gasteiger partial charge in [0, 0.05) is 4.91 Å². The first-order valence-corrected chi connectivity index (χ1v) is 16.3. The Balaban J connectivity index is 1.65. The van der Waals surface area contributed by atoms with Gasteiger partial charge in [0.25, 0.3) is 8.32 Å². The van der Waals surface area contributed by atoms with Gasteiger partial charge in [0.05, 0.1) is 18.3 Å². The second-order valence-corrected chi connectivity index (χ2v) is 15.9. The lowest BCUT2D eigenvalue weighted by Gasteiger charge is -2.46. The van der Waals surface area contributed by atoms with Crippen molar-refractivity contribution in [3.8, 4) is 0 Å². The Morgan fingerprint density at radius 2 is 1.52 bits per heavy atom. The number of rotatable bonds is 9. The molecule has 1 N–H and O–H groups in total. The molecule has 5 atom stereocenters. The number of carbonyl (C=O) groups is 1. The summed E-state index contributed by atoms with van der Waals surface area (Å²) in [6.45, 7) is 6.57. The van der Waals surface area contributed by atoms with Gasteiger partial charge in [-0.25, -0.2) is 4.79 Å². The third kappa shape index (κ3) is 6.12. The van der Waals surface area contributed by atoms with Gasteiger partial charge in [0.2, 0.25) is 0 Å². The van der Waals surface area contributed by atoms with Crippen LogP contribution >= 0.6 is 11.8 Å². The zero-order valence-electron chi connectivity index (χ0n) is 23.1. The first kappa shape index (κ1) is 29.9. The lowest BCUT2D eigenvalue weighted by Crippen LogP contribution is -2.68. The standard InChI is InChI=1S/C30H35N3O5SSi/c1-30(2,3)40(22-16-10-6-11-17-22,23-18-12-7-13-19-23)36-20-24-26(34)25(32-33-31)27(29(37-24)39-4)38-28(35)21-14-8-5-9-15-21/h5-19,24-27,29,34H,20H2,1-4H3/t24?,25-,26-,27?,29-/m0/s1. The Morgan fingerprint density at radius 1 is 1.00 bits per heavy atom. The normalized spacial score (nSPS) is 23.2.